The smallest absolute Gasteiger partial charge is 0.435 e. The van der Waals surface area contributed by atoms with Crippen LogP contribution in [0.5, 0.6) is 5.88 Å². The van der Waals surface area contributed by atoms with E-state index in [1.165, 1.54) is 4.68 Å². The normalized spacial score (nSPS) is 27.1. The highest BCUT2D eigenvalue weighted by Gasteiger charge is 2.49. The zero-order valence-electron chi connectivity index (χ0n) is 20.8. The number of nitrogens with zero attached hydrogens (tertiary/aromatic N) is 6. The molecule has 0 radical (unpaired) electrons. The molecule has 0 aromatic carbocycles. The average molecular weight is 522 g/mol. The Kier molecular flexibility index (Phi) is 5.55. The van der Waals surface area contributed by atoms with Crippen molar-refractivity contribution in [3.8, 4) is 5.88 Å². The molecule has 1 amide bonds. The molecular formula is C24H30F3N7O3. The molecule has 1 atom stereocenters. The van der Waals surface area contributed by atoms with Crippen molar-refractivity contribution in [1.82, 2.24) is 19.7 Å². The van der Waals surface area contributed by atoms with Crippen LogP contribution in [0, 0.1) is 5.92 Å². The van der Waals surface area contributed by atoms with E-state index in [-0.39, 0.29) is 36.4 Å². The second-order valence-electron chi connectivity index (χ2n) is 10.7. The number of halogens is 3. The Morgan fingerprint density at radius 3 is 2.70 bits per heavy atom. The summed E-state index contributed by atoms with van der Waals surface area (Å²) < 4.78 is 46.5. The Morgan fingerprint density at radius 2 is 2.03 bits per heavy atom. The van der Waals surface area contributed by atoms with Gasteiger partial charge >= 0.3 is 6.18 Å². The number of aryl methyl sites for hydroxylation is 1. The lowest BCUT2D eigenvalue weighted by Crippen LogP contribution is -2.64. The van der Waals surface area contributed by atoms with Crippen LogP contribution in [0.25, 0.3) is 0 Å². The number of alkyl halides is 3. The molecule has 4 heterocycles. The number of likely N-dealkylation sites (N-methyl/N-ethyl adjacent to an activating group) is 1. The van der Waals surface area contributed by atoms with Crippen molar-refractivity contribution in [3.05, 3.63) is 17.5 Å². The van der Waals surface area contributed by atoms with Gasteiger partial charge in [-0.15, -0.1) is 0 Å². The molecule has 0 saturated heterocycles. The lowest BCUT2D eigenvalue weighted by Gasteiger charge is -2.48. The van der Waals surface area contributed by atoms with Crippen LogP contribution < -0.4 is 19.9 Å². The van der Waals surface area contributed by atoms with Gasteiger partial charge in [-0.3, -0.25) is 4.79 Å². The molecule has 37 heavy (non-hydrogen) atoms. The van der Waals surface area contributed by atoms with Gasteiger partial charge in [0.2, 0.25) is 11.8 Å². The Balaban J connectivity index is 1.11. The molecule has 0 bridgehead atoms. The molecule has 10 nitrogen and oxygen atoms in total. The summed E-state index contributed by atoms with van der Waals surface area (Å²) in [5.41, 5.74) is -0.475. The molecule has 2 aliphatic carbocycles. The Labute approximate surface area is 211 Å². The lowest BCUT2D eigenvalue weighted by atomic mass is 9.81. The maximum absolute atomic E-state index is 13.1. The molecule has 2 saturated carbocycles. The SMILES string of the molecule is CN1c2nc(NC3CC(COc4cc(C(F)(F)F)nn4C4CC4)C3)nc3c2N(CCC3)C(=O)[C@]1(C)CO. The molecule has 200 valence electrons. The number of hydrogen-bond acceptors (Lipinski definition) is 8. The highest BCUT2D eigenvalue weighted by atomic mass is 19.4. The zero-order chi connectivity index (χ0) is 26.1. The molecule has 0 spiro atoms. The van der Waals surface area contributed by atoms with Crippen LogP contribution in [-0.4, -0.2) is 69.1 Å². The number of hydrogen-bond donors (Lipinski definition) is 2. The predicted octanol–water partition coefficient (Wildman–Crippen LogP) is 2.78. The summed E-state index contributed by atoms with van der Waals surface area (Å²) in [6.45, 7) is 2.28. The van der Waals surface area contributed by atoms with E-state index < -0.39 is 17.4 Å². The quantitative estimate of drug-likeness (QED) is 0.573. The fourth-order valence-electron chi connectivity index (χ4n) is 5.38. The monoisotopic (exact) mass is 521 g/mol. The number of aromatic nitrogens is 4. The van der Waals surface area contributed by atoms with E-state index in [1.807, 2.05) is 0 Å². The molecule has 2 aromatic rings. The van der Waals surface area contributed by atoms with Crippen LogP contribution >= 0.6 is 0 Å². The summed E-state index contributed by atoms with van der Waals surface area (Å²) in [4.78, 5) is 25.9. The molecule has 0 unspecified atom stereocenters. The van der Waals surface area contributed by atoms with E-state index in [1.54, 1.807) is 23.8 Å². The molecule has 6 rings (SSSR count). The second kappa shape index (κ2) is 8.47. The van der Waals surface area contributed by atoms with Crippen LogP contribution in [0.15, 0.2) is 6.07 Å². The standard InChI is InChI=1S/C24H30F3N7O3/c1-23(12-35)21(36)33-7-3-4-16-19(33)20(32(23)2)30-22(29-16)28-14-8-13(9-14)11-37-18-10-17(24(25,26)27)31-34(18)15-5-6-15/h10,13-15,35H,3-9,11-12H2,1-2H3,(H,28,29,30)/t13?,14?,23-/m0/s1. The first-order valence-electron chi connectivity index (χ1n) is 12.7. The molecule has 4 aliphatic rings. The summed E-state index contributed by atoms with van der Waals surface area (Å²) >= 11 is 0. The van der Waals surface area contributed by atoms with Gasteiger partial charge in [0.25, 0.3) is 5.91 Å². The highest BCUT2D eigenvalue weighted by molar-refractivity contribution is 6.08. The van der Waals surface area contributed by atoms with Gasteiger partial charge in [0.15, 0.2) is 11.5 Å². The van der Waals surface area contributed by atoms with Crippen LogP contribution in [0.1, 0.15) is 56.5 Å². The number of carbonyl (C=O) groups is 1. The first-order valence-corrected chi connectivity index (χ1v) is 12.7. The van der Waals surface area contributed by atoms with Gasteiger partial charge in [0, 0.05) is 25.7 Å². The Bertz CT molecular complexity index is 1220. The minimum Gasteiger partial charge on any atom is -0.478 e. The second-order valence-corrected chi connectivity index (χ2v) is 10.7. The number of carbonyl (C=O) groups excluding carboxylic acids is 1. The summed E-state index contributed by atoms with van der Waals surface area (Å²) in [5, 5.41) is 17.1. The van der Waals surface area contributed by atoms with Crippen molar-refractivity contribution < 1.29 is 27.8 Å². The average Bonchev–Trinajstić information content (AvgIpc) is 3.59. The number of ether oxygens (including phenoxy) is 1. The van der Waals surface area contributed by atoms with E-state index in [0.717, 1.165) is 56.0 Å². The summed E-state index contributed by atoms with van der Waals surface area (Å²) in [6, 6.07) is 1.09. The highest BCUT2D eigenvalue weighted by Crippen LogP contribution is 2.44. The van der Waals surface area contributed by atoms with Crippen LogP contribution in [0.3, 0.4) is 0 Å². The molecule has 2 fully saturated rings. The molecule has 2 aliphatic heterocycles. The summed E-state index contributed by atoms with van der Waals surface area (Å²) in [5.74, 6) is 1.32. The van der Waals surface area contributed by atoms with Crippen molar-refractivity contribution in [2.45, 2.75) is 69.2 Å². The lowest BCUT2D eigenvalue weighted by molar-refractivity contribution is -0.141. The molecule has 2 N–H and O–H groups in total. The zero-order valence-corrected chi connectivity index (χ0v) is 20.8. The van der Waals surface area contributed by atoms with E-state index in [4.69, 9.17) is 14.7 Å². The topological polar surface area (TPSA) is 109 Å². The first-order chi connectivity index (χ1) is 17.6. The van der Waals surface area contributed by atoms with Crippen LogP contribution in [-0.2, 0) is 17.4 Å². The largest absolute Gasteiger partial charge is 0.478 e. The minimum atomic E-state index is -4.50. The third kappa shape index (κ3) is 4.07. The first kappa shape index (κ1) is 24.3. The van der Waals surface area contributed by atoms with Crippen molar-refractivity contribution in [2.75, 3.05) is 41.9 Å². The van der Waals surface area contributed by atoms with Crippen molar-refractivity contribution in [1.29, 1.82) is 0 Å². The third-order valence-electron chi connectivity index (χ3n) is 8.00. The van der Waals surface area contributed by atoms with Gasteiger partial charge in [0.05, 0.1) is 24.9 Å². The van der Waals surface area contributed by atoms with Gasteiger partial charge in [-0.05, 0) is 51.4 Å². The van der Waals surface area contributed by atoms with Crippen molar-refractivity contribution in [3.63, 3.8) is 0 Å². The number of aliphatic hydroxyl groups excluding tert-OH is 1. The maximum Gasteiger partial charge on any atom is 0.435 e. The van der Waals surface area contributed by atoms with E-state index >= 15 is 0 Å². The third-order valence-corrected chi connectivity index (χ3v) is 8.00. The number of nitrogens with one attached hydrogen (secondary N) is 1. The van der Waals surface area contributed by atoms with E-state index in [2.05, 4.69) is 10.4 Å². The molecule has 13 heteroatoms. The van der Waals surface area contributed by atoms with Gasteiger partial charge in [-0.1, -0.05) is 0 Å². The fourth-order valence-corrected chi connectivity index (χ4v) is 5.38. The van der Waals surface area contributed by atoms with Crippen LogP contribution in [0.2, 0.25) is 0 Å². The van der Waals surface area contributed by atoms with E-state index in [9.17, 15) is 23.1 Å². The summed E-state index contributed by atoms with van der Waals surface area (Å²) in [7, 11) is 1.76. The number of aliphatic hydroxyl groups is 1. The van der Waals surface area contributed by atoms with E-state index in [0.29, 0.717) is 24.9 Å². The fraction of sp³-hybridized carbons (Fsp3) is 0.667. The molecule has 2 aromatic heterocycles. The minimum absolute atomic E-state index is 0.0128. The molecular weight excluding hydrogens is 491 g/mol. The van der Waals surface area contributed by atoms with Crippen molar-refractivity contribution >= 4 is 23.4 Å². The predicted molar refractivity (Wildman–Crippen MR) is 128 cm³/mol. The Morgan fingerprint density at radius 1 is 1.27 bits per heavy atom. The van der Waals surface area contributed by atoms with Gasteiger partial charge in [-0.25, -0.2) is 9.67 Å². The van der Waals surface area contributed by atoms with Gasteiger partial charge < -0.3 is 25.0 Å². The Hall–Kier alpha value is -3.09. The number of amides is 1. The van der Waals surface area contributed by atoms with Gasteiger partial charge in [-0.2, -0.15) is 23.3 Å². The van der Waals surface area contributed by atoms with Gasteiger partial charge in [0.1, 0.15) is 11.2 Å². The summed E-state index contributed by atoms with van der Waals surface area (Å²) in [6.07, 6.45) is 0.199. The maximum atomic E-state index is 13.1. The van der Waals surface area contributed by atoms with Crippen molar-refractivity contribution in [2.24, 2.45) is 5.92 Å². The number of rotatable bonds is 7. The van der Waals surface area contributed by atoms with Crippen LogP contribution in [0.4, 0.5) is 30.6 Å². The number of anilines is 3.